The van der Waals surface area contributed by atoms with Crippen molar-refractivity contribution in [2.24, 2.45) is 0 Å². The number of furan rings is 2. The average Bonchev–Trinajstić information content (AvgIpc) is 1.68. The van der Waals surface area contributed by atoms with Gasteiger partial charge in [-0.05, 0) is 306 Å². The Morgan fingerprint density at radius 3 is 1.08 bits per heavy atom. The molecule has 576 valence electrons. The molecule has 12 aromatic rings. The smallest absolute Gasteiger partial charge is 0.257 e. The zero-order valence-corrected chi connectivity index (χ0v) is 72.7. The molecule has 6 aliphatic rings. The number of benzene rings is 10. The van der Waals surface area contributed by atoms with Gasteiger partial charge in [0, 0.05) is 67.2 Å². The van der Waals surface area contributed by atoms with Gasteiger partial charge in [-0.2, -0.15) is 0 Å². The summed E-state index contributed by atoms with van der Waals surface area (Å²) in [6.07, 6.45) is 6.22. The van der Waals surface area contributed by atoms with Crippen LogP contribution in [0, 0.1) is 27.7 Å². The van der Waals surface area contributed by atoms with Crippen LogP contribution >= 0.6 is 0 Å². The Morgan fingerprint density at radius 2 is 0.673 bits per heavy atom. The Labute approximate surface area is 676 Å². The molecule has 113 heavy (non-hydrogen) atoms. The second kappa shape index (κ2) is 24.8. The maximum Gasteiger partial charge on any atom is 0.257 e. The van der Waals surface area contributed by atoms with E-state index in [1.54, 1.807) is 0 Å². The van der Waals surface area contributed by atoms with Crippen LogP contribution in [0.1, 0.15) is 262 Å². The predicted octanol–water partition coefficient (Wildman–Crippen LogP) is 25.4. The molecular weight excluding hydrogens is 1370 g/mol. The fraction of sp³-hybridized carbons (Fsp3) is 0.390. The van der Waals surface area contributed by atoms with Crippen LogP contribution in [0.25, 0.3) is 21.9 Å². The first-order chi connectivity index (χ1) is 52.9. The van der Waals surface area contributed by atoms with E-state index in [2.05, 4.69) is 369 Å². The lowest BCUT2D eigenvalue weighted by Gasteiger charge is -2.47. The summed E-state index contributed by atoms with van der Waals surface area (Å²) in [7, 11) is 0. The Kier molecular flexibility index (Phi) is 16.5. The van der Waals surface area contributed by atoms with Crippen molar-refractivity contribution in [1.82, 2.24) is 0 Å². The second-order valence-electron chi connectivity index (χ2n) is 42.8. The van der Waals surface area contributed by atoms with E-state index in [4.69, 9.17) is 8.83 Å². The van der Waals surface area contributed by atoms with Crippen LogP contribution in [0.4, 0.5) is 68.6 Å². The van der Waals surface area contributed by atoms with Crippen LogP contribution in [0.15, 0.2) is 179 Å². The average molecular weight is 1490 g/mol. The highest BCUT2D eigenvalue weighted by Gasteiger charge is 2.52. The highest BCUT2D eigenvalue weighted by atomic mass is 16.4. The number of nitrogens with zero attached hydrogens (tertiary/aromatic N) is 4. The second-order valence-corrected chi connectivity index (χ2v) is 42.8. The van der Waals surface area contributed by atoms with Crippen LogP contribution in [0.3, 0.4) is 0 Å². The molecule has 2 aliphatic carbocycles. The third kappa shape index (κ3) is 11.8. The standard InChI is InChI=1S/C105H118B2N4O2/c1-61-27-41-89-73(49-61)91-95(112-89)111(82-40-33-69(53-64(82)4)100(14,15)16)88-55-65(54-87-94(88)106(91)80-58-76-78(105(25,26)48-46-103(76,21)22)60-84(80)109(87)72-37-30-67(31-38-72)98(8,9)10)43-44-101(17,18)70-34-42-90-74(56-70)92-96(113-90)110(81-39-32-68(52-63(81)3)99(11,12)13)86-51-62(2)50-85-93(86)107(92)79-57-75-77(104(23,24)47-45-102(75,19)20)59-83(79)108(85)71-35-28-66(29-36-71)97(5,6)7/h27-42,49-60H,43-48H2,1-26H3. The van der Waals surface area contributed by atoms with Gasteiger partial charge in [-0.3, -0.25) is 9.80 Å². The lowest BCUT2D eigenvalue weighted by atomic mass is 9.33. The summed E-state index contributed by atoms with van der Waals surface area (Å²) in [5.41, 5.74) is 39.8. The Balaban J connectivity index is 0.847. The number of hydrogen-bond donors (Lipinski definition) is 0. The fourth-order valence-electron chi connectivity index (χ4n) is 20.6. The minimum Gasteiger partial charge on any atom is -0.440 e. The van der Waals surface area contributed by atoms with Gasteiger partial charge in [-0.15, -0.1) is 0 Å². The van der Waals surface area contributed by atoms with E-state index in [1.807, 2.05) is 0 Å². The van der Waals surface area contributed by atoms with Gasteiger partial charge in [-0.25, -0.2) is 0 Å². The van der Waals surface area contributed by atoms with E-state index >= 15 is 0 Å². The van der Waals surface area contributed by atoms with Crippen molar-refractivity contribution >= 4 is 137 Å². The molecular formula is C105H118B2N4O2. The van der Waals surface area contributed by atoms with Crippen molar-refractivity contribution in [3.05, 3.63) is 248 Å². The molecule has 6 heterocycles. The van der Waals surface area contributed by atoms with Crippen molar-refractivity contribution in [2.45, 2.75) is 267 Å². The van der Waals surface area contributed by atoms with Crippen molar-refractivity contribution in [2.75, 3.05) is 19.6 Å². The molecule has 18 rings (SSSR count). The van der Waals surface area contributed by atoms with Gasteiger partial charge >= 0.3 is 0 Å². The maximum atomic E-state index is 7.72. The first kappa shape index (κ1) is 75.0. The molecule has 0 spiro atoms. The molecule has 0 unspecified atom stereocenters. The van der Waals surface area contributed by atoms with Gasteiger partial charge in [0.05, 0.1) is 11.4 Å². The van der Waals surface area contributed by atoms with E-state index in [0.717, 1.165) is 72.8 Å². The molecule has 0 fully saturated rings. The molecule has 0 atom stereocenters. The molecule has 0 radical (unpaired) electrons. The number of anilines is 12. The van der Waals surface area contributed by atoms with Crippen molar-refractivity contribution < 1.29 is 8.83 Å². The zero-order valence-electron chi connectivity index (χ0n) is 72.7. The number of rotatable bonds is 8. The quantitative estimate of drug-likeness (QED) is 0.141. The summed E-state index contributed by atoms with van der Waals surface area (Å²) in [5, 5.41) is 2.36. The van der Waals surface area contributed by atoms with Gasteiger partial charge < -0.3 is 18.6 Å². The maximum absolute atomic E-state index is 7.72. The zero-order chi connectivity index (χ0) is 80.2. The third-order valence-electron chi connectivity index (χ3n) is 28.1. The largest absolute Gasteiger partial charge is 0.440 e. The lowest BCUT2D eigenvalue weighted by Crippen LogP contribution is -2.61. The molecule has 0 saturated carbocycles. The van der Waals surface area contributed by atoms with E-state index in [1.165, 1.54) is 167 Å². The molecule has 10 aromatic carbocycles. The van der Waals surface area contributed by atoms with Gasteiger partial charge in [-0.1, -0.05) is 231 Å². The van der Waals surface area contributed by atoms with E-state index < -0.39 is 0 Å². The summed E-state index contributed by atoms with van der Waals surface area (Å²) in [6.45, 7) is 61.7. The molecule has 2 aromatic heterocycles. The third-order valence-corrected chi connectivity index (χ3v) is 28.1. The summed E-state index contributed by atoms with van der Waals surface area (Å²) in [6, 6.07) is 68.4. The van der Waals surface area contributed by atoms with E-state index in [9.17, 15) is 0 Å². The Bertz CT molecular complexity index is 5980. The topological polar surface area (TPSA) is 39.2 Å². The summed E-state index contributed by atoms with van der Waals surface area (Å²) in [4.78, 5) is 10.4. The van der Waals surface area contributed by atoms with Gasteiger partial charge in [0.15, 0.2) is 0 Å². The normalized spacial score (nSPS) is 17.0. The molecule has 0 N–H and O–H groups in total. The number of aryl methyl sites for hydroxylation is 5. The van der Waals surface area contributed by atoms with Crippen LogP contribution in [0.2, 0.25) is 0 Å². The summed E-state index contributed by atoms with van der Waals surface area (Å²) >= 11 is 0. The first-order valence-electron chi connectivity index (χ1n) is 42.3. The van der Waals surface area contributed by atoms with Gasteiger partial charge in [0.25, 0.3) is 13.4 Å². The summed E-state index contributed by atoms with van der Waals surface area (Å²) in [5.74, 6) is 1.82. The number of fused-ring (bicyclic) bond motifs is 14. The van der Waals surface area contributed by atoms with Crippen LogP contribution in [-0.4, -0.2) is 13.4 Å². The van der Waals surface area contributed by atoms with Gasteiger partial charge in [0.2, 0.25) is 11.8 Å². The minimum absolute atomic E-state index is 0.00168. The fourth-order valence-corrected chi connectivity index (χ4v) is 20.6. The van der Waals surface area contributed by atoms with Crippen LogP contribution in [-0.2, 0) is 55.2 Å². The monoisotopic (exact) mass is 1490 g/mol. The van der Waals surface area contributed by atoms with Crippen molar-refractivity contribution in [3.63, 3.8) is 0 Å². The molecule has 4 aliphatic heterocycles. The first-order valence-corrected chi connectivity index (χ1v) is 42.3. The minimum atomic E-state index is -0.313. The molecule has 0 amide bonds. The lowest BCUT2D eigenvalue weighted by molar-refractivity contribution is 0.332. The molecule has 0 saturated heterocycles. The van der Waals surface area contributed by atoms with Crippen molar-refractivity contribution in [1.29, 1.82) is 0 Å². The van der Waals surface area contributed by atoms with Crippen LogP contribution < -0.4 is 52.4 Å². The summed E-state index contributed by atoms with van der Waals surface area (Å²) < 4.78 is 15.3. The van der Waals surface area contributed by atoms with Crippen molar-refractivity contribution in [3.8, 4) is 0 Å². The Hall–Kier alpha value is -9.39. The molecule has 0 bridgehead atoms. The van der Waals surface area contributed by atoms with Crippen LogP contribution in [0.5, 0.6) is 0 Å². The highest BCUT2D eigenvalue weighted by Crippen LogP contribution is 2.56. The number of hydrogen-bond acceptors (Lipinski definition) is 6. The predicted molar refractivity (Wildman–Crippen MR) is 486 cm³/mol. The molecule has 8 heteroatoms. The SMILES string of the molecule is Cc1cc2c3c(c1)N(c1ccc(C(C)(C)C)cc1C)c1oc4ccc(C(C)(C)CCc5cc6c7c(c5)N(c5ccc(C(C)(C)C)cc5C)c5oc8ccc(C)cc8c5B7c5cc7c(cc5N6c5ccc(C(C)(C)C)cc5)C(C)(C)CCC7(C)C)cc4c1B3c1cc3c(cc1N2c1ccc(C(C)(C)C)cc1)C(C)(C)CCC3(C)C. The Morgan fingerprint density at radius 1 is 0.319 bits per heavy atom. The molecule has 6 nitrogen and oxygen atoms in total. The van der Waals surface area contributed by atoms with E-state index in [0.29, 0.717) is 0 Å². The van der Waals surface area contributed by atoms with E-state index in [-0.39, 0.29) is 62.2 Å². The van der Waals surface area contributed by atoms with Gasteiger partial charge in [0.1, 0.15) is 11.2 Å². The highest BCUT2D eigenvalue weighted by molar-refractivity contribution is 7.02.